The molecule has 3 N–H and O–H groups in total. The van der Waals surface area contributed by atoms with Gasteiger partial charge in [0, 0.05) is 9.75 Å². The molecule has 0 fully saturated rings. The van der Waals surface area contributed by atoms with E-state index in [1.807, 2.05) is 23.6 Å². The van der Waals surface area contributed by atoms with Crippen molar-refractivity contribution in [2.24, 2.45) is 5.73 Å². The molecule has 1 aliphatic carbocycles. The van der Waals surface area contributed by atoms with Gasteiger partial charge in [0.05, 0.1) is 5.56 Å². The van der Waals surface area contributed by atoms with Crippen LogP contribution in [0.2, 0.25) is 0 Å². The fourth-order valence-electron chi connectivity index (χ4n) is 2.75. The van der Waals surface area contributed by atoms with Crippen LogP contribution in [0.1, 0.15) is 38.5 Å². The van der Waals surface area contributed by atoms with Crippen molar-refractivity contribution in [1.29, 1.82) is 5.26 Å². The standard InChI is InChI=1S/C17H15N3O2S2/c18-9-10(8-11-4-3-7-23-11)16(22)20-17-14(15(19)21)12-5-1-2-6-13(12)24-17/h3-4,7-8H,1-2,5-6H2,(H2,19,21)(H,20,22). The van der Waals surface area contributed by atoms with E-state index in [4.69, 9.17) is 5.73 Å². The molecule has 0 unspecified atom stereocenters. The average Bonchev–Trinajstić information content (AvgIpc) is 3.19. The van der Waals surface area contributed by atoms with Crippen molar-refractivity contribution < 1.29 is 9.59 Å². The van der Waals surface area contributed by atoms with Crippen LogP contribution in [0, 0.1) is 11.3 Å². The van der Waals surface area contributed by atoms with E-state index < -0.39 is 11.8 Å². The number of carbonyl (C=O) groups is 2. The lowest BCUT2D eigenvalue weighted by molar-refractivity contribution is -0.112. The van der Waals surface area contributed by atoms with Gasteiger partial charge in [-0.25, -0.2) is 0 Å². The number of hydrogen-bond acceptors (Lipinski definition) is 5. The molecule has 24 heavy (non-hydrogen) atoms. The van der Waals surface area contributed by atoms with Crippen LogP contribution in [0.3, 0.4) is 0 Å². The van der Waals surface area contributed by atoms with Gasteiger partial charge < -0.3 is 11.1 Å². The Bertz CT molecular complexity index is 857. The van der Waals surface area contributed by atoms with Gasteiger partial charge in [0.2, 0.25) is 0 Å². The van der Waals surface area contributed by atoms with E-state index in [2.05, 4.69) is 5.32 Å². The monoisotopic (exact) mass is 357 g/mol. The Labute approximate surface area is 147 Å². The maximum atomic E-state index is 12.4. The van der Waals surface area contributed by atoms with Crippen LogP contribution in [0.4, 0.5) is 5.00 Å². The summed E-state index contributed by atoms with van der Waals surface area (Å²) in [5.41, 5.74) is 6.87. The van der Waals surface area contributed by atoms with Crippen molar-refractivity contribution in [2.45, 2.75) is 25.7 Å². The molecule has 2 amide bonds. The fraction of sp³-hybridized carbons (Fsp3) is 0.235. The van der Waals surface area contributed by atoms with Gasteiger partial charge in [0.25, 0.3) is 11.8 Å². The van der Waals surface area contributed by atoms with Crippen molar-refractivity contribution in [1.82, 2.24) is 0 Å². The smallest absolute Gasteiger partial charge is 0.266 e. The van der Waals surface area contributed by atoms with Crippen LogP contribution in [-0.4, -0.2) is 11.8 Å². The number of anilines is 1. The second-order valence-electron chi connectivity index (χ2n) is 5.42. The van der Waals surface area contributed by atoms with Gasteiger partial charge in [-0.15, -0.1) is 22.7 Å². The van der Waals surface area contributed by atoms with Crippen LogP contribution < -0.4 is 11.1 Å². The Morgan fingerprint density at radius 3 is 2.79 bits per heavy atom. The number of primary amides is 1. The Morgan fingerprint density at radius 2 is 2.12 bits per heavy atom. The molecule has 2 aromatic rings. The maximum Gasteiger partial charge on any atom is 0.266 e. The number of carbonyl (C=O) groups excluding carboxylic acids is 2. The maximum absolute atomic E-state index is 12.4. The highest BCUT2D eigenvalue weighted by Gasteiger charge is 2.25. The van der Waals surface area contributed by atoms with Crippen molar-refractivity contribution >= 4 is 45.6 Å². The number of amides is 2. The van der Waals surface area contributed by atoms with Crippen LogP contribution in [-0.2, 0) is 17.6 Å². The van der Waals surface area contributed by atoms with Gasteiger partial charge in [0.1, 0.15) is 16.6 Å². The molecule has 122 valence electrons. The average molecular weight is 357 g/mol. The Kier molecular flexibility index (Phi) is 4.79. The Balaban J connectivity index is 1.90. The summed E-state index contributed by atoms with van der Waals surface area (Å²) in [5.74, 6) is -1.06. The van der Waals surface area contributed by atoms with Gasteiger partial charge in [-0.1, -0.05) is 6.07 Å². The molecule has 7 heteroatoms. The highest BCUT2D eigenvalue weighted by molar-refractivity contribution is 7.17. The van der Waals surface area contributed by atoms with Crippen LogP contribution in [0.5, 0.6) is 0 Å². The molecule has 2 aromatic heterocycles. The van der Waals surface area contributed by atoms with Crippen LogP contribution in [0.15, 0.2) is 23.1 Å². The summed E-state index contributed by atoms with van der Waals surface area (Å²) in [6.07, 6.45) is 5.32. The summed E-state index contributed by atoms with van der Waals surface area (Å²) in [5, 5.41) is 14.3. The molecule has 5 nitrogen and oxygen atoms in total. The SMILES string of the molecule is N#CC(=Cc1cccs1)C(=O)Nc1sc2c(c1C(N)=O)CCCC2. The molecule has 0 aromatic carbocycles. The van der Waals surface area contributed by atoms with Crippen molar-refractivity contribution in [3.63, 3.8) is 0 Å². The fourth-order valence-corrected chi connectivity index (χ4v) is 4.70. The molecular formula is C17H15N3O2S2. The number of rotatable bonds is 4. The molecule has 1 aliphatic rings. The molecule has 0 bridgehead atoms. The predicted octanol–water partition coefficient (Wildman–Crippen LogP) is 3.33. The first kappa shape index (κ1) is 16.4. The van der Waals surface area contributed by atoms with Crippen molar-refractivity contribution in [2.75, 3.05) is 5.32 Å². The number of hydrogen-bond donors (Lipinski definition) is 2. The lowest BCUT2D eigenvalue weighted by Gasteiger charge is -2.11. The summed E-state index contributed by atoms with van der Waals surface area (Å²) in [7, 11) is 0. The number of nitrogens with zero attached hydrogens (tertiary/aromatic N) is 1. The number of nitriles is 1. The minimum atomic E-state index is -0.537. The summed E-state index contributed by atoms with van der Waals surface area (Å²) in [6.45, 7) is 0. The van der Waals surface area contributed by atoms with Gasteiger partial charge in [0.15, 0.2) is 0 Å². The zero-order valence-electron chi connectivity index (χ0n) is 12.8. The third kappa shape index (κ3) is 3.25. The summed E-state index contributed by atoms with van der Waals surface area (Å²) in [6, 6.07) is 5.59. The third-order valence-electron chi connectivity index (χ3n) is 3.84. The summed E-state index contributed by atoms with van der Waals surface area (Å²) >= 11 is 2.83. The van der Waals surface area contributed by atoms with E-state index in [9.17, 15) is 14.9 Å². The minimum absolute atomic E-state index is 0.000702. The first-order chi connectivity index (χ1) is 11.6. The van der Waals surface area contributed by atoms with Gasteiger partial charge in [-0.3, -0.25) is 9.59 Å². The second kappa shape index (κ2) is 6.99. The Hall–Kier alpha value is -2.43. The zero-order valence-corrected chi connectivity index (χ0v) is 14.4. The van der Waals surface area contributed by atoms with E-state index in [0.717, 1.165) is 41.0 Å². The molecule has 0 saturated heterocycles. The van der Waals surface area contributed by atoms with Crippen LogP contribution in [0.25, 0.3) is 6.08 Å². The lowest BCUT2D eigenvalue weighted by Crippen LogP contribution is -2.19. The number of thiophene rings is 2. The van der Waals surface area contributed by atoms with Crippen LogP contribution >= 0.6 is 22.7 Å². The summed E-state index contributed by atoms with van der Waals surface area (Å²) < 4.78 is 0. The van der Waals surface area contributed by atoms with E-state index in [-0.39, 0.29) is 5.57 Å². The molecule has 0 radical (unpaired) electrons. The molecule has 0 spiro atoms. The van der Waals surface area contributed by atoms with Gasteiger partial charge >= 0.3 is 0 Å². The number of nitrogens with two attached hydrogens (primary N) is 1. The predicted molar refractivity (Wildman–Crippen MR) is 96.0 cm³/mol. The summed E-state index contributed by atoms with van der Waals surface area (Å²) in [4.78, 5) is 26.2. The highest BCUT2D eigenvalue weighted by Crippen LogP contribution is 2.38. The zero-order chi connectivity index (χ0) is 17.1. The molecular weight excluding hydrogens is 342 g/mol. The lowest BCUT2D eigenvalue weighted by atomic mass is 9.95. The number of fused-ring (bicyclic) bond motifs is 1. The second-order valence-corrected chi connectivity index (χ2v) is 7.50. The van der Waals surface area contributed by atoms with Crippen molar-refractivity contribution in [3.05, 3.63) is 44.0 Å². The van der Waals surface area contributed by atoms with E-state index in [0.29, 0.717) is 10.6 Å². The quantitative estimate of drug-likeness (QED) is 0.649. The molecule has 0 aliphatic heterocycles. The first-order valence-corrected chi connectivity index (χ1v) is 9.20. The van der Waals surface area contributed by atoms with E-state index in [1.54, 1.807) is 0 Å². The largest absolute Gasteiger partial charge is 0.365 e. The molecule has 3 rings (SSSR count). The topological polar surface area (TPSA) is 96.0 Å². The van der Waals surface area contributed by atoms with Crippen molar-refractivity contribution in [3.8, 4) is 6.07 Å². The van der Waals surface area contributed by atoms with Gasteiger partial charge in [-0.2, -0.15) is 5.26 Å². The van der Waals surface area contributed by atoms with E-state index >= 15 is 0 Å². The molecule has 0 atom stereocenters. The van der Waals surface area contributed by atoms with Gasteiger partial charge in [-0.05, 0) is 48.8 Å². The molecule has 0 saturated carbocycles. The number of aryl methyl sites for hydroxylation is 1. The minimum Gasteiger partial charge on any atom is -0.365 e. The third-order valence-corrected chi connectivity index (χ3v) is 5.87. The van der Waals surface area contributed by atoms with E-state index in [1.165, 1.54) is 28.7 Å². The normalized spacial score (nSPS) is 13.9. The first-order valence-electron chi connectivity index (χ1n) is 7.51. The highest BCUT2D eigenvalue weighted by atomic mass is 32.1. The molecule has 2 heterocycles. The number of nitrogens with one attached hydrogen (secondary N) is 1. The Morgan fingerprint density at radius 1 is 1.33 bits per heavy atom.